The van der Waals surface area contributed by atoms with E-state index in [9.17, 15) is 0 Å². The van der Waals surface area contributed by atoms with Gasteiger partial charge >= 0.3 is 75.5 Å². The summed E-state index contributed by atoms with van der Waals surface area (Å²) >= 11 is 0. The Kier molecular flexibility index (Phi) is 124. The van der Waals surface area contributed by atoms with Crippen LogP contribution in [-0.4, -0.2) is 75.5 Å². The van der Waals surface area contributed by atoms with Crippen molar-refractivity contribution in [3.05, 3.63) is 0 Å². The number of rotatable bonds is 0. The van der Waals surface area contributed by atoms with Crippen molar-refractivity contribution in [3.63, 3.8) is 0 Å². The van der Waals surface area contributed by atoms with Crippen molar-refractivity contribution in [2.45, 2.75) is 0 Å². The topological polar surface area (TPSA) is 0 Å². The summed E-state index contributed by atoms with van der Waals surface area (Å²) in [6.07, 6.45) is 0. The maximum Gasteiger partial charge on any atom is 2.00 e. The van der Waals surface area contributed by atoms with Crippen LogP contribution in [0.4, 0.5) is 0 Å². The Labute approximate surface area is 91.5 Å². The Hall–Kier alpha value is 2.80. The first-order valence-corrected chi connectivity index (χ1v) is 0. The molecule has 0 saturated carbocycles. The van der Waals surface area contributed by atoms with Crippen LogP contribution in [-0.2, 0) is 13.5 Å². The summed E-state index contributed by atoms with van der Waals surface area (Å²) in [5.74, 6) is 0. The fraction of sp³-hybridized carbons (Fsp3) is 0. The second kappa shape index (κ2) is 17.0. The molecule has 0 bridgehead atoms. The van der Waals surface area contributed by atoms with Gasteiger partial charge in [-0.15, -0.1) is 0 Å². The van der Waals surface area contributed by atoms with E-state index in [0.717, 1.165) is 0 Å². The Balaban J connectivity index is 0. The van der Waals surface area contributed by atoms with Gasteiger partial charge in [-0.05, 0) is 0 Å². The van der Waals surface area contributed by atoms with Gasteiger partial charge in [-0.3, -0.25) is 0 Å². The van der Waals surface area contributed by atoms with Crippen LogP contribution in [0.3, 0.4) is 0 Å². The molecular formula is Ca2FS+. The van der Waals surface area contributed by atoms with Crippen molar-refractivity contribution in [1.82, 2.24) is 0 Å². The molecule has 4 heteroatoms. The van der Waals surface area contributed by atoms with E-state index in [1.165, 1.54) is 0 Å². The van der Waals surface area contributed by atoms with Gasteiger partial charge in [-0.2, -0.15) is 0 Å². The molecule has 0 heterocycles. The van der Waals surface area contributed by atoms with Crippen LogP contribution >= 0.6 is 0 Å². The fourth-order valence-electron chi connectivity index (χ4n) is 0. The SMILES string of the molecule is [Ca+2].[Ca+2].[F-].[S-2]. The quantitative estimate of drug-likeness (QED) is 0.296. The van der Waals surface area contributed by atoms with Crippen molar-refractivity contribution < 1.29 is 4.70 Å². The fourth-order valence-corrected chi connectivity index (χ4v) is 0. The third-order valence-corrected chi connectivity index (χ3v) is 0. The zero-order chi connectivity index (χ0) is 0. The average Bonchev–Trinajstić information content (AvgIpc) is 0. The number of hydrogen-bond donors (Lipinski definition) is 0. The van der Waals surface area contributed by atoms with Gasteiger partial charge in [0.2, 0.25) is 0 Å². The molecule has 0 amide bonds. The smallest absolute Gasteiger partial charge is 2.00 e. The number of hydrogen-bond acceptors (Lipinski definition) is 0. The summed E-state index contributed by atoms with van der Waals surface area (Å²) < 4.78 is 0. The van der Waals surface area contributed by atoms with Crippen molar-refractivity contribution in [3.8, 4) is 0 Å². The van der Waals surface area contributed by atoms with Crippen LogP contribution in [0.15, 0.2) is 0 Å². The van der Waals surface area contributed by atoms with Crippen LogP contribution in [0.2, 0.25) is 0 Å². The summed E-state index contributed by atoms with van der Waals surface area (Å²) in [5, 5.41) is 0. The molecule has 0 aliphatic carbocycles. The van der Waals surface area contributed by atoms with E-state index in [1.54, 1.807) is 0 Å². The first-order valence-electron chi connectivity index (χ1n) is 0. The molecule has 0 fully saturated rings. The monoisotopic (exact) mass is 131 g/mol. The summed E-state index contributed by atoms with van der Waals surface area (Å²) in [4.78, 5) is 0. The first kappa shape index (κ1) is 29.2. The first-order chi connectivity index (χ1) is 0. The Morgan fingerprint density at radius 3 is 0.750 bits per heavy atom. The predicted molar refractivity (Wildman–Crippen MR) is 18.9 cm³/mol. The summed E-state index contributed by atoms with van der Waals surface area (Å²) in [6.45, 7) is 0. The van der Waals surface area contributed by atoms with E-state index in [-0.39, 0.29) is 93.7 Å². The van der Waals surface area contributed by atoms with Gasteiger partial charge in [0.05, 0.1) is 0 Å². The van der Waals surface area contributed by atoms with Crippen LogP contribution in [0.25, 0.3) is 0 Å². The minimum absolute atomic E-state index is 0. The molecule has 0 aromatic rings. The van der Waals surface area contributed by atoms with Gasteiger partial charge in [-0.25, -0.2) is 0 Å². The molecule has 4 heavy (non-hydrogen) atoms. The van der Waals surface area contributed by atoms with E-state index in [1.807, 2.05) is 0 Å². The minimum Gasteiger partial charge on any atom is -2.00 e. The molecule has 0 aromatic carbocycles. The normalized spacial score (nSPS) is 0. The zero-order valence-electron chi connectivity index (χ0n) is 2.20. The predicted octanol–water partition coefficient (Wildman–Crippen LogP) is -3.76. The molecule has 0 unspecified atom stereocenters. The molecule has 0 spiro atoms. The molecule has 16 valence electrons. The van der Waals surface area contributed by atoms with Crippen molar-refractivity contribution in [2.75, 3.05) is 0 Å². The van der Waals surface area contributed by atoms with E-state index in [4.69, 9.17) is 0 Å². The summed E-state index contributed by atoms with van der Waals surface area (Å²) in [6, 6.07) is 0. The molecule has 0 radical (unpaired) electrons. The van der Waals surface area contributed by atoms with E-state index >= 15 is 0 Å². The van der Waals surface area contributed by atoms with Gasteiger partial charge in [0.15, 0.2) is 0 Å². The van der Waals surface area contributed by atoms with Gasteiger partial charge in [0, 0.05) is 0 Å². The largest absolute Gasteiger partial charge is 2.00 e. The van der Waals surface area contributed by atoms with Gasteiger partial charge < -0.3 is 18.2 Å². The van der Waals surface area contributed by atoms with Gasteiger partial charge in [0.25, 0.3) is 0 Å². The molecule has 0 saturated heterocycles. The summed E-state index contributed by atoms with van der Waals surface area (Å²) in [7, 11) is 0. The standard InChI is InChI=1S/2Ca.FH.S/h;;1H;/q2*+2;;-2/p-1. The van der Waals surface area contributed by atoms with Crippen LogP contribution < -0.4 is 4.70 Å². The molecule has 0 N–H and O–H groups in total. The molecular weight excluding hydrogens is 131 g/mol. The van der Waals surface area contributed by atoms with Crippen LogP contribution in [0, 0.1) is 0 Å². The molecule has 0 atom stereocenters. The third kappa shape index (κ3) is 8.84. The van der Waals surface area contributed by atoms with Crippen LogP contribution in [0.1, 0.15) is 0 Å². The van der Waals surface area contributed by atoms with E-state index < -0.39 is 0 Å². The minimum atomic E-state index is 0. The van der Waals surface area contributed by atoms with Crippen molar-refractivity contribution >= 4 is 89.0 Å². The second-order valence-corrected chi connectivity index (χ2v) is 0. The zero-order valence-corrected chi connectivity index (χ0v) is 7.43. The third-order valence-electron chi connectivity index (χ3n) is 0. The van der Waals surface area contributed by atoms with Crippen molar-refractivity contribution in [2.24, 2.45) is 0 Å². The van der Waals surface area contributed by atoms with Crippen molar-refractivity contribution in [1.29, 1.82) is 0 Å². The molecule has 0 aromatic heterocycles. The van der Waals surface area contributed by atoms with E-state index in [2.05, 4.69) is 0 Å². The second-order valence-electron chi connectivity index (χ2n) is 0. The molecule has 0 rings (SSSR count). The maximum absolute atomic E-state index is 0. The van der Waals surface area contributed by atoms with Crippen LogP contribution in [0.5, 0.6) is 0 Å². The Morgan fingerprint density at radius 1 is 0.750 bits per heavy atom. The Bertz CT molecular complexity index is 6.00. The molecule has 0 aliphatic heterocycles. The molecule has 0 aliphatic rings. The maximum atomic E-state index is 0. The summed E-state index contributed by atoms with van der Waals surface area (Å²) in [5.41, 5.74) is 0. The Morgan fingerprint density at radius 2 is 0.750 bits per heavy atom. The average molecular weight is 131 g/mol. The number of halogens is 1. The van der Waals surface area contributed by atoms with Gasteiger partial charge in [-0.1, -0.05) is 0 Å². The van der Waals surface area contributed by atoms with Gasteiger partial charge in [0.1, 0.15) is 0 Å². The molecule has 0 nitrogen and oxygen atoms in total. The van der Waals surface area contributed by atoms with E-state index in [0.29, 0.717) is 0 Å².